The summed E-state index contributed by atoms with van der Waals surface area (Å²) in [6.45, 7) is 3.90. The maximum Gasteiger partial charge on any atom is 0.191 e. The molecule has 25 heavy (non-hydrogen) atoms. The van der Waals surface area contributed by atoms with Gasteiger partial charge in [0.05, 0.1) is 6.61 Å². The van der Waals surface area contributed by atoms with Crippen LogP contribution in [-0.2, 0) is 13.0 Å². The summed E-state index contributed by atoms with van der Waals surface area (Å²) >= 11 is 0. The third kappa shape index (κ3) is 7.29. The Bertz CT molecular complexity index is 679. The fourth-order valence-corrected chi connectivity index (χ4v) is 2.36. The number of para-hydroxylation sites is 1. The molecule has 2 aromatic rings. The highest BCUT2D eigenvalue weighted by Crippen LogP contribution is 2.17. The van der Waals surface area contributed by atoms with Crippen molar-refractivity contribution in [1.82, 2.24) is 10.6 Å². The van der Waals surface area contributed by atoms with Gasteiger partial charge < -0.3 is 15.4 Å². The number of benzene rings is 2. The van der Waals surface area contributed by atoms with Gasteiger partial charge >= 0.3 is 0 Å². The highest BCUT2D eigenvalue weighted by atomic mass is 127. The van der Waals surface area contributed by atoms with Crippen molar-refractivity contribution in [2.24, 2.45) is 4.99 Å². The van der Waals surface area contributed by atoms with Crippen molar-refractivity contribution in [3.05, 3.63) is 65.5 Å². The first-order chi connectivity index (χ1) is 11.7. The van der Waals surface area contributed by atoms with Gasteiger partial charge in [-0.2, -0.15) is 0 Å². The van der Waals surface area contributed by atoms with E-state index < -0.39 is 0 Å². The Labute approximate surface area is 165 Å². The largest absolute Gasteiger partial charge is 0.494 e. The van der Waals surface area contributed by atoms with E-state index >= 15 is 0 Å². The number of aliphatic imine (C=N–C) groups is 1. The monoisotopic (exact) mass is 457 g/mol. The van der Waals surface area contributed by atoms with Crippen molar-refractivity contribution in [3.8, 4) is 5.75 Å². The Morgan fingerprint density at radius 1 is 1.12 bits per heavy atom. The minimum Gasteiger partial charge on any atom is -0.494 e. The van der Waals surface area contributed by atoms with Crippen molar-refractivity contribution in [2.45, 2.75) is 19.9 Å². The van der Waals surface area contributed by atoms with E-state index in [2.05, 4.69) is 15.6 Å². The molecule has 0 saturated carbocycles. The van der Waals surface area contributed by atoms with E-state index in [1.165, 1.54) is 6.07 Å². The van der Waals surface area contributed by atoms with Crippen molar-refractivity contribution < 1.29 is 9.13 Å². The van der Waals surface area contributed by atoms with Gasteiger partial charge in [0.2, 0.25) is 0 Å². The lowest BCUT2D eigenvalue weighted by Crippen LogP contribution is -2.37. The van der Waals surface area contributed by atoms with E-state index in [4.69, 9.17) is 4.74 Å². The molecular formula is C19H25FIN3O. The van der Waals surface area contributed by atoms with Crippen LogP contribution in [0.25, 0.3) is 0 Å². The molecule has 0 aliphatic carbocycles. The first-order valence-electron chi connectivity index (χ1n) is 8.12. The molecule has 0 unspecified atom stereocenters. The van der Waals surface area contributed by atoms with Crippen LogP contribution in [0.15, 0.2) is 53.5 Å². The first kappa shape index (κ1) is 21.2. The van der Waals surface area contributed by atoms with Crippen LogP contribution in [0, 0.1) is 5.82 Å². The Balaban J connectivity index is 0.00000312. The maximum atomic E-state index is 13.2. The lowest BCUT2D eigenvalue weighted by molar-refractivity contribution is 0.336. The van der Waals surface area contributed by atoms with E-state index in [-0.39, 0.29) is 29.8 Å². The number of nitrogens with zero attached hydrogens (tertiary/aromatic N) is 1. The molecule has 0 heterocycles. The molecule has 0 aromatic heterocycles. The zero-order valence-electron chi connectivity index (χ0n) is 14.6. The number of guanidine groups is 1. The van der Waals surface area contributed by atoms with Crippen LogP contribution in [0.4, 0.5) is 4.39 Å². The van der Waals surface area contributed by atoms with Crippen LogP contribution in [0.1, 0.15) is 18.1 Å². The predicted octanol–water partition coefficient (Wildman–Crippen LogP) is 3.75. The van der Waals surface area contributed by atoms with E-state index in [1.807, 2.05) is 37.3 Å². The molecule has 0 saturated heterocycles. The molecule has 136 valence electrons. The van der Waals surface area contributed by atoms with Crippen molar-refractivity contribution >= 4 is 29.9 Å². The zero-order valence-corrected chi connectivity index (χ0v) is 16.9. The van der Waals surface area contributed by atoms with Gasteiger partial charge in [0.25, 0.3) is 0 Å². The summed E-state index contributed by atoms with van der Waals surface area (Å²) in [7, 11) is 1.73. The van der Waals surface area contributed by atoms with Crippen LogP contribution in [0.3, 0.4) is 0 Å². The summed E-state index contributed by atoms with van der Waals surface area (Å²) in [4.78, 5) is 4.21. The van der Waals surface area contributed by atoms with Gasteiger partial charge in [0, 0.05) is 25.7 Å². The molecule has 0 bridgehead atoms. The Morgan fingerprint density at radius 2 is 1.92 bits per heavy atom. The molecule has 4 nitrogen and oxygen atoms in total. The van der Waals surface area contributed by atoms with Crippen LogP contribution in [0.5, 0.6) is 5.75 Å². The molecule has 0 spiro atoms. The quantitative estimate of drug-likeness (QED) is 0.378. The number of halogens is 2. The van der Waals surface area contributed by atoms with Gasteiger partial charge in [-0.25, -0.2) is 4.39 Å². The minimum absolute atomic E-state index is 0. The first-order valence-corrected chi connectivity index (χ1v) is 8.12. The molecule has 0 aliphatic heterocycles. The average Bonchev–Trinajstić information content (AvgIpc) is 2.59. The van der Waals surface area contributed by atoms with Gasteiger partial charge in [0.1, 0.15) is 11.6 Å². The fraction of sp³-hybridized carbons (Fsp3) is 0.316. The lowest BCUT2D eigenvalue weighted by Gasteiger charge is -2.14. The molecule has 0 fully saturated rings. The summed E-state index contributed by atoms with van der Waals surface area (Å²) < 4.78 is 18.8. The van der Waals surface area contributed by atoms with E-state index in [0.29, 0.717) is 25.7 Å². The van der Waals surface area contributed by atoms with Gasteiger partial charge in [0.15, 0.2) is 5.96 Å². The Kier molecular flexibility index (Phi) is 9.91. The summed E-state index contributed by atoms with van der Waals surface area (Å²) in [5, 5.41) is 6.50. The summed E-state index contributed by atoms with van der Waals surface area (Å²) in [6, 6.07) is 14.6. The van der Waals surface area contributed by atoms with Crippen molar-refractivity contribution in [2.75, 3.05) is 20.2 Å². The summed E-state index contributed by atoms with van der Waals surface area (Å²) in [5.41, 5.74) is 2.03. The number of rotatable bonds is 7. The normalized spacial score (nSPS) is 10.8. The molecule has 2 rings (SSSR count). The summed E-state index contributed by atoms with van der Waals surface area (Å²) in [5.74, 6) is 1.38. The number of ether oxygens (including phenoxy) is 1. The van der Waals surface area contributed by atoms with E-state index in [9.17, 15) is 4.39 Å². The Hall–Kier alpha value is -1.83. The third-order valence-corrected chi connectivity index (χ3v) is 3.54. The molecule has 0 atom stereocenters. The van der Waals surface area contributed by atoms with Gasteiger partial charge in [-0.3, -0.25) is 4.99 Å². The second kappa shape index (κ2) is 11.7. The second-order valence-electron chi connectivity index (χ2n) is 5.27. The third-order valence-electron chi connectivity index (χ3n) is 3.54. The molecular weight excluding hydrogens is 432 g/mol. The maximum absolute atomic E-state index is 13.2. The smallest absolute Gasteiger partial charge is 0.191 e. The van der Waals surface area contributed by atoms with Gasteiger partial charge in [-0.1, -0.05) is 30.3 Å². The molecule has 0 aliphatic rings. The predicted molar refractivity (Wildman–Crippen MR) is 111 cm³/mol. The van der Waals surface area contributed by atoms with Crippen LogP contribution >= 0.6 is 24.0 Å². The van der Waals surface area contributed by atoms with E-state index in [0.717, 1.165) is 23.3 Å². The second-order valence-corrected chi connectivity index (χ2v) is 5.27. The van der Waals surface area contributed by atoms with Crippen molar-refractivity contribution in [3.63, 3.8) is 0 Å². The SMILES string of the molecule is CCOc1ccccc1CNC(=NC)NCCc1cccc(F)c1.I. The fourth-order valence-electron chi connectivity index (χ4n) is 2.36. The van der Waals surface area contributed by atoms with Crippen LogP contribution in [-0.4, -0.2) is 26.2 Å². The molecule has 6 heteroatoms. The average molecular weight is 457 g/mol. The van der Waals surface area contributed by atoms with Crippen molar-refractivity contribution in [1.29, 1.82) is 0 Å². The minimum atomic E-state index is -0.206. The van der Waals surface area contributed by atoms with Crippen LogP contribution in [0.2, 0.25) is 0 Å². The highest BCUT2D eigenvalue weighted by Gasteiger charge is 2.04. The van der Waals surface area contributed by atoms with Gasteiger partial charge in [-0.05, 0) is 37.1 Å². The van der Waals surface area contributed by atoms with Gasteiger partial charge in [-0.15, -0.1) is 24.0 Å². The standard InChI is InChI=1S/C19H24FN3O.HI/c1-3-24-18-10-5-4-8-16(18)14-23-19(21-2)22-12-11-15-7-6-9-17(20)13-15;/h4-10,13H,3,11-12,14H2,1-2H3,(H2,21,22,23);1H. The lowest BCUT2D eigenvalue weighted by atomic mass is 10.1. The number of hydrogen-bond acceptors (Lipinski definition) is 2. The van der Waals surface area contributed by atoms with Crippen LogP contribution < -0.4 is 15.4 Å². The Morgan fingerprint density at radius 3 is 2.64 bits per heavy atom. The molecule has 0 radical (unpaired) electrons. The number of nitrogens with one attached hydrogen (secondary N) is 2. The molecule has 2 aromatic carbocycles. The summed E-state index contributed by atoms with van der Waals surface area (Å²) in [6.07, 6.45) is 0.730. The molecule has 2 N–H and O–H groups in total. The topological polar surface area (TPSA) is 45.6 Å². The highest BCUT2D eigenvalue weighted by molar-refractivity contribution is 14.0. The zero-order chi connectivity index (χ0) is 17.2. The number of hydrogen-bond donors (Lipinski definition) is 2. The van der Waals surface area contributed by atoms with E-state index in [1.54, 1.807) is 19.2 Å². The molecule has 0 amide bonds.